The second kappa shape index (κ2) is 10.7. The minimum absolute atomic E-state index is 0.0452. The molecule has 3 N–H and O–H groups in total. The molecule has 0 aromatic heterocycles. The minimum atomic E-state index is -0.325. The van der Waals surface area contributed by atoms with Crippen LogP contribution in [0.5, 0.6) is 5.75 Å². The van der Waals surface area contributed by atoms with Crippen molar-refractivity contribution in [2.45, 2.75) is 39.5 Å². The molecule has 0 atom stereocenters. The van der Waals surface area contributed by atoms with Gasteiger partial charge in [-0.05, 0) is 90.2 Å². The maximum absolute atomic E-state index is 12.6. The van der Waals surface area contributed by atoms with Crippen LogP contribution in [-0.4, -0.2) is 23.5 Å². The summed E-state index contributed by atoms with van der Waals surface area (Å²) < 4.78 is 6.41. The van der Waals surface area contributed by atoms with Crippen LogP contribution in [0.4, 0.5) is 11.4 Å². The first-order valence-corrected chi connectivity index (χ1v) is 11.5. The van der Waals surface area contributed by atoms with E-state index in [1.54, 1.807) is 18.2 Å². The molecule has 8 heteroatoms. The molecule has 0 aliphatic heterocycles. The number of unbranched alkanes of at least 4 members (excludes halogenated alkanes) is 1. The Labute approximate surface area is 196 Å². The van der Waals surface area contributed by atoms with Gasteiger partial charge in [0.15, 0.2) is 5.11 Å². The topological polar surface area (TPSA) is 79.5 Å². The number of carbonyl (C=O) groups excluding carboxylic acids is 2. The Hall–Kier alpha value is -2.45. The fourth-order valence-electron chi connectivity index (χ4n) is 2.90. The summed E-state index contributed by atoms with van der Waals surface area (Å²) in [4.78, 5) is 24.7. The number of hydrogen-bond donors (Lipinski definition) is 3. The first-order chi connectivity index (χ1) is 14.9. The zero-order valence-electron chi connectivity index (χ0n) is 17.6. The average molecular weight is 504 g/mol. The Balaban J connectivity index is 1.59. The summed E-state index contributed by atoms with van der Waals surface area (Å²) >= 11 is 8.77. The van der Waals surface area contributed by atoms with Crippen LogP contribution < -0.4 is 20.7 Å². The van der Waals surface area contributed by atoms with Crippen molar-refractivity contribution in [3.8, 4) is 5.75 Å². The van der Waals surface area contributed by atoms with Gasteiger partial charge in [0, 0.05) is 22.9 Å². The summed E-state index contributed by atoms with van der Waals surface area (Å²) in [5.74, 6) is 0.545. The van der Waals surface area contributed by atoms with Crippen LogP contribution in [0, 0.1) is 12.8 Å². The maximum atomic E-state index is 12.6. The van der Waals surface area contributed by atoms with Crippen LogP contribution in [0.1, 0.15) is 48.5 Å². The standard InChI is InChI=1S/C23H26BrN3O3S/c1-3-4-12-30-20-11-10-16(13-17(20)24)22(29)27-23(31)26-19-7-5-6-18(14(19)2)25-21(28)15-8-9-15/h5-7,10-11,13,15H,3-4,8-9,12H2,1-2H3,(H,25,28)(H2,26,27,29,31). The van der Waals surface area contributed by atoms with E-state index in [2.05, 4.69) is 38.8 Å². The lowest BCUT2D eigenvalue weighted by molar-refractivity contribution is -0.117. The van der Waals surface area contributed by atoms with Gasteiger partial charge in [-0.15, -0.1) is 0 Å². The zero-order valence-corrected chi connectivity index (χ0v) is 20.0. The number of thiocarbonyl (C=S) groups is 1. The van der Waals surface area contributed by atoms with Gasteiger partial charge in [-0.2, -0.15) is 0 Å². The molecule has 31 heavy (non-hydrogen) atoms. The lowest BCUT2D eigenvalue weighted by Gasteiger charge is -2.15. The first-order valence-electron chi connectivity index (χ1n) is 10.3. The number of halogens is 1. The van der Waals surface area contributed by atoms with E-state index in [1.165, 1.54) is 0 Å². The number of ether oxygens (including phenoxy) is 1. The Morgan fingerprint density at radius 3 is 2.52 bits per heavy atom. The van der Waals surface area contributed by atoms with Crippen molar-refractivity contribution in [1.82, 2.24) is 5.32 Å². The quantitative estimate of drug-likeness (QED) is 0.331. The van der Waals surface area contributed by atoms with Crippen LogP contribution in [0.3, 0.4) is 0 Å². The average Bonchev–Trinajstić information content (AvgIpc) is 3.57. The van der Waals surface area contributed by atoms with Crippen molar-refractivity contribution in [1.29, 1.82) is 0 Å². The van der Waals surface area contributed by atoms with E-state index in [9.17, 15) is 9.59 Å². The van der Waals surface area contributed by atoms with Crippen LogP contribution in [0.2, 0.25) is 0 Å². The summed E-state index contributed by atoms with van der Waals surface area (Å²) in [7, 11) is 0. The molecule has 2 aromatic carbocycles. The summed E-state index contributed by atoms with van der Waals surface area (Å²) in [6.45, 7) is 4.63. The van der Waals surface area contributed by atoms with Gasteiger partial charge >= 0.3 is 0 Å². The molecule has 0 unspecified atom stereocenters. The van der Waals surface area contributed by atoms with Gasteiger partial charge < -0.3 is 15.4 Å². The van der Waals surface area contributed by atoms with Crippen LogP contribution >= 0.6 is 28.1 Å². The monoisotopic (exact) mass is 503 g/mol. The highest BCUT2D eigenvalue weighted by Gasteiger charge is 2.29. The molecule has 0 heterocycles. The highest BCUT2D eigenvalue weighted by Crippen LogP contribution is 2.31. The molecule has 2 aromatic rings. The maximum Gasteiger partial charge on any atom is 0.257 e. The number of nitrogens with one attached hydrogen (secondary N) is 3. The largest absolute Gasteiger partial charge is 0.492 e. The fourth-order valence-corrected chi connectivity index (χ4v) is 3.60. The predicted molar refractivity (Wildman–Crippen MR) is 131 cm³/mol. The smallest absolute Gasteiger partial charge is 0.257 e. The number of hydrogen-bond acceptors (Lipinski definition) is 4. The lowest BCUT2D eigenvalue weighted by Crippen LogP contribution is -2.34. The second-order valence-electron chi connectivity index (χ2n) is 7.50. The molecule has 1 fully saturated rings. The van der Waals surface area contributed by atoms with Gasteiger partial charge in [0.05, 0.1) is 11.1 Å². The number of rotatable bonds is 8. The third kappa shape index (κ3) is 6.51. The highest BCUT2D eigenvalue weighted by molar-refractivity contribution is 9.10. The number of benzene rings is 2. The van der Waals surface area contributed by atoms with E-state index in [0.29, 0.717) is 22.4 Å². The van der Waals surface area contributed by atoms with E-state index in [0.717, 1.165) is 42.6 Å². The predicted octanol–water partition coefficient (Wildman–Crippen LogP) is 5.41. The lowest BCUT2D eigenvalue weighted by atomic mass is 10.1. The summed E-state index contributed by atoms with van der Waals surface area (Å²) in [5.41, 5.74) is 2.77. The summed E-state index contributed by atoms with van der Waals surface area (Å²) in [5, 5.41) is 8.87. The summed E-state index contributed by atoms with van der Waals surface area (Å²) in [6.07, 6.45) is 3.92. The van der Waals surface area contributed by atoms with Crippen molar-refractivity contribution < 1.29 is 14.3 Å². The zero-order chi connectivity index (χ0) is 22.4. The Kier molecular flexibility index (Phi) is 8.03. The van der Waals surface area contributed by atoms with Gasteiger partial charge in [0.25, 0.3) is 5.91 Å². The van der Waals surface area contributed by atoms with E-state index < -0.39 is 0 Å². The van der Waals surface area contributed by atoms with Crippen molar-refractivity contribution in [3.63, 3.8) is 0 Å². The first kappa shape index (κ1) is 23.2. The van der Waals surface area contributed by atoms with Gasteiger partial charge in [-0.3, -0.25) is 14.9 Å². The van der Waals surface area contributed by atoms with Crippen LogP contribution in [0.15, 0.2) is 40.9 Å². The molecule has 6 nitrogen and oxygen atoms in total. The third-order valence-corrected chi connectivity index (χ3v) is 5.79. The van der Waals surface area contributed by atoms with Gasteiger partial charge in [-0.25, -0.2) is 0 Å². The molecule has 1 aliphatic carbocycles. The van der Waals surface area contributed by atoms with Crippen LogP contribution in [0.25, 0.3) is 0 Å². The van der Waals surface area contributed by atoms with E-state index in [1.807, 2.05) is 25.1 Å². The minimum Gasteiger partial charge on any atom is -0.492 e. The van der Waals surface area contributed by atoms with Crippen molar-refractivity contribution >= 4 is 56.4 Å². The molecule has 0 saturated heterocycles. The van der Waals surface area contributed by atoms with Gasteiger partial charge in [0.1, 0.15) is 5.75 Å². The third-order valence-electron chi connectivity index (χ3n) is 4.96. The second-order valence-corrected chi connectivity index (χ2v) is 8.76. The molecular formula is C23H26BrN3O3S. The van der Waals surface area contributed by atoms with E-state index in [-0.39, 0.29) is 22.8 Å². The fraction of sp³-hybridized carbons (Fsp3) is 0.348. The molecule has 164 valence electrons. The van der Waals surface area contributed by atoms with E-state index in [4.69, 9.17) is 17.0 Å². The van der Waals surface area contributed by atoms with E-state index >= 15 is 0 Å². The number of anilines is 2. The highest BCUT2D eigenvalue weighted by atomic mass is 79.9. The van der Waals surface area contributed by atoms with Crippen molar-refractivity contribution in [2.24, 2.45) is 5.92 Å². The van der Waals surface area contributed by atoms with Gasteiger partial charge in [0.2, 0.25) is 5.91 Å². The molecule has 3 rings (SSSR count). The molecule has 0 spiro atoms. The number of amides is 2. The summed E-state index contributed by atoms with van der Waals surface area (Å²) in [6, 6.07) is 10.7. The molecule has 1 saturated carbocycles. The molecule has 0 bridgehead atoms. The normalized spacial score (nSPS) is 12.7. The SMILES string of the molecule is CCCCOc1ccc(C(=O)NC(=S)Nc2cccc(NC(=O)C3CC3)c2C)cc1Br. The molecule has 0 radical (unpaired) electrons. The van der Waals surface area contributed by atoms with Gasteiger partial charge in [-0.1, -0.05) is 19.4 Å². The van der Waals surface area contributed by atoms with Crippen molar-refractivity contribution in [2.75, 3.05) is 17.2 Å². The van der Waals surface area contributed by atoms with Crippen LogP contribution in [-0.2, 0) is 4.79 Å². The molecule has 2 amide bonds. The number of carbonyl (C=O) groups is 2. The van der Waals surface area contributed by atoms with Crippen molar-refractivity contribution in [3.05, 3.63) is 52.0 Å². The Morgan fingerprint density at radius 2 is 1.87 bits per heavy atom. The Morgan fingerprint density at radius 1 is 1.16 bits per heavy atom. The molecular weight excluding hydrogens is 478 g/mol. The molecule has 1 aliphatic rings. The Bertz CT molecular complexity index is 992.